The molecule has 0 aromatic heterocycles. The molecular weight excluding hydrogens is 526 g/mol. The van der Waals surface area contributed by atoms with Gasteiger partial charge >= 0.3 is 5.97 Å². The van der Waals surface area contributed by atoms with Crippen molar-refractivity contribution in [1.82, 2.24) is 4.90 Å². The van der Waals surface area contributed by atoms with Crippen molar-refractivity contribution in [1.29, 1.82) is 0 Å². The molecule has 5 aliphatic rings. The highest BCUT2D eigenvalue weighted by molar-refractivity contribution is 6.01. The van der Waals surface area contributed by atoms with Crippen molar-refractivity contribution in [3.05, 3.63) is 59.7 Å². The predicted octanol–water partition coefficient (Wildman–Crippen LogP) is 3.97. The number of nitrogens with zero attached hydrogens (tertiary/aromatic N) is 1. The van der Waals surface area contributed by atoms with E-state index in [9.17, 15) is 14.7 Å². The number of ether oxygens (including phenoxy) is 1. The average Bonchev–Trinajstić information content (AvgIpc) is 3.43. The van der Waals surface area contributed by atoms with Crippen LogP contribution in [-0.4, -0.2) is 72.5 Å². The molecule has 1 saturated heterocycles. The lowest BCUT2D eigenvalue weighted by atomic mass is 9.43. The number of benzene rings is 1. The average molecular weight is 569 g/mol. The van der Waals surface area contributed by atoms with E-state index in [0.29, 0.717) is 19.5 Å². The molecule has 6 nitrogen and oxygen atoms in total. The van der Waals surface area contributed by atoms with Crippen LogP contribution in [0.2, 0.25) is 0 Å². The minimum atomic E-state index is -2.15. The molecule has 8 heteroatoms. The lowest BCUT2D eigenvalue weighted by Gasteiger charge is -2.63. The number of esters is 1. The summed E-state index contributed by atoms with van der Waals surface area (Å²) in [5.74, 6) is -1.91. The fraction of sp³-hybridized carbons (Fsp3) is 0.636. The number of hydrogen-bond acceptors (Lipinski definition) is 6. The molecule has 4 aliphatic carbocycles. The predicted molar refractivity (Wildman–Crippen MR) is 151 cm³/mol. The van der Waals surface area contributed by atoms with Crippen molar-refractivity contribution in [3.63, 3.8) is 0 Å². The van der Waals surface area contributed by atoms with Crippen LogP contribution in [0.1, 0.15) is 45.1 Å². The summed E-state index contributed by atoms with van der Waals surface area (Å²) in [5, 5.41) is 11.7. The molecule has 0 spiro atoms. The van der Waals surface area contributed by atoms with E-state index >= 15 is 8.78 Å². The normalized spacial score (nSPS) is 43.1. The number of aliphatic hydroxyl groups is 1. The molecule has 0 bridgehead atoms. The summed E-state index contributed by atoms with van der Waals surface area (Å²) in [6, 6.07) is 10.3. The summed E-state index contributed by atoms with van der Waals surface area (Å²) < 4.78 is 39.2. The topological polar surface area (TPSA) is 92.9 Å². The quantitative estimate of drug-likeness (QED) is 0.484. The number of aryl methyl sites for hydroxylation is 1. The third-order valence-corrected chi connectivity index (χ3v) is 11.7. The number of carbonyl (C=O) groups is 2. The number of hydrogen-bond donors (Lipinski definition) is 2. The van der Waals surface area contributed by atoms with Crippen LogP contribution < -0.4 is 5.73 Å². The van der Waals surface area contributed by atoms with Gasteiger partial charge in [0.1, 0.15) is 12.8 Å². The van der Waals surface area contributed by atoms with E-state index in [-0.39, 0.29) is 55.2 Å². The number of aliphatic hydroxyl groups excluding tert-OH is 1. The molecule has 3 saturated carbocycles. The van der Waals surface area contributed by atoms with Crippen molar-refractivity contribution < 1.29 is 28.2 Å². The van der Waals surface area contributed by atoms with Gasteiger partial charge in [-0.2, -0.15) is 0 Å². The van der Waals surface area contributed by atoms with Crippen LogP contribution in [0.25, 0.3) is 0 Å². The number of ketones is 1. The zero-order valence-electron chi connectivity index (χ0n) is 24.0. The molecule has 9 atom stereocenters. The first-order valence-electron chi connectivity index (χ1n) is 15.1. The van der Waals surface area contributed by atoms with E-state index < -0.39 is 40.1 Å². The summed E-state index contributed by atoms with van der Waals surface area (Å²) in [6.07, 6.45) is 3.43. The molecule has 1 aromatic rings. The molecule has 1 aromatic carbocycles. The smallest absolute Gasteiger partial charge is 0.314 e. The van der Waals surface area contributed by atoms with E-state index in [1.807, 2.05) is 25.1 Å². The van der Waals surface area contributed by atoms with Gasteiger partial charge in [-0.15, -0.1) is 0 Å². The second-order valence-electron chi connectivity index (χ2n) is 13.5. The van der Waals surface area contributed by atoms with E-state index in [0.717, 1.165) is 19.4 Å². The molecule has 0 radical (unpaired) electrons. The van der Waals surface area contributed by atoms with Gasteiger partial charge in [0.05, 0.1) is 11.5 Å². The van der Waals surface area contributed by atoms with E-state index in [4.69, 9.17) is 10.5 Å². The number of fused-ring (bicyclic) bond motifs is 7. The van der Waals surface area contributed by atoms with Crippen LogP contribution in [0.5, 0.6) is 0 Å². The fourth-order valence-electron chi connectivity index (χ4n) is 9.81. The standard InChI is InChI=1S/C33H42F2N2O4/c1-30-11-10-23(38)16-26(30)27(34)17-25-24-15-22-19-37(13-6-9-21-7-4-3-5-8-21)20-32(22,29(40)41-14-12-36)31(24,2)18-28(39)33(25,30)35/h3-5,7-8,10-11,16,22,24-25,27-28,39H,6,9,12-15,17-20,36H2,1-2H3/t22-,24-,25-,27-,28-,30-,31-,32+,33-/m0/s1. The second-order valence-corrected chi connectivity index (χ2v) is 13.5. The number of likely N-dealkylation sites (tertiary alicyclic amines) is 1. The molecule has 3 N–H and O–H groups in total. The van der Waals surface area contributed by atoms with Gasteiger partial charge < -0.3 is 20.5 Å². The van der Waals surface area contributed by atoms with Crippen LogP contribution >= 0.6 is 0 Å². The Morgan fingerprint density at radius 1 is 1.20 bits per heavy atom. The Kier molecular flexibility index (Phi) is 7.06. The van der Waals surface area contributed by atoms with Crippen molar-refractivity contribution in [3.8, 4) is 0 Å². The number of rotatable bonds is 7. The third-order valence-electron chi connectivity index (χ3n) is 11.7. The minimum Gasteiger partial charge on any atom is -0.464 e. The summed E-state index contributed by atoms with van der Waals surface area (Å²) in [6.45, 7) is 5.87. The largest absolute Gasteiger partial charge is 0.464 e. The van der Waals surface area contributed by atoms with Gasteiger partial charge in [-0.3, -0.25) is 9.59 Å². The molecule has 0 unspecified atom stereocenters. The maximum atomic E-state index is 17.6. The first-order chi connectivity index (χ1) is 19.5. The summed E-state index contributed by atoms with van der Waals surface area (Å²) in [4.78, 5) is 28.5. The van der Waals surface area contributed by atoms with Gasteiger partial charge in [-0.05, 0) is 86.1 Å². The highest BCUT2D eigenvalue weighted by Gasteiger charge is 2.78. The Morgan fingerprint density at radius 2 is 1.95 bits per heavy atom. The molecule has 0 amide bonds. The van der Waals surface area contributed by atoms with Gasteiger partial charge in [0, 0.05) is 31.0 Å². The molecule has 222 valence electrons. The first-order valence-corrected chi connectivity index (χ1v) is 15.1. The van der Waals surface area contributed by atoms with Crippen LogP contribution in [-0.2, 0) is 20.7 Å². The van der Waals surface area contributed by atoms with Gasteiger partial charge in [-0.1, -0.05) is 43.3 Å². The number of halogens is 2. The summed E-state index contributed by atoms with van der Waals surface area (Å²) >= 11 is 0. The van der Waals surface area contributed by atoms with E-state index in [1.54, 1.807) is 6.92 Å². The number of carbonyl (C=O) groups excluding carboxylic acids is 2. The third kappa shape index (κ3) is 3.96. The maximum Gasteiger partial charge on any atom is 0.314 e. The Labute approximate surface area is 241 Å². The highest BCUT2D eigenvalue weighted by Crippen LogP contribution is 2.74. The van der Waals surface area contributed by atoms with Crippen LogP contribution in [0.4, 0.5) is 8.78 Å². The zero-order chi connectivity index (χ0) is 29.2. The Morgan fingerprint density at radius 3 is 2.68 bits per heavy atom. The fourth-order valence-corrected chi connectivity index (χ4v) is 9.81. The van der Waals surface area contributed by atoms with Crippen molar-refractivity contribution in [2.75, 3.05) is 32.8 Å². The van der Waals surface area contributed by atoms with Gasteiger partial charge in [0.15, 0.2) is 11.5 Å². The number of nitrogens with two attached hydrogens (primary N) is 1. The monoisotopic (exact) mass is 568 g/mol. The Balaban J connectivity index is 1.32. The van der Waals surface area contributed by atoms with Gasteiger partial charge in [0.25, 0.3) is 0 Å². The minimum absolute atomic E-state index is 0.0678. The highest BCUT2D eigenvalue weighted by atomic mass is 19.1. The zero-order valence-corrected chi connectivity index (χ0v) is 24.0. The van der Waals surface area contributed by atoms with Gasteiger partial charge in [-0.25, -0.2) is 8.78 Å². The second kappa shape index (κ2) is 10.1. The Bertz CT molecular complexity index is 1270. The molecule has 1 heterocycles. The summed E-state index contributed by atoms with van der Waals surface area (Å²) in [7, 11) is 0. The number of allylic oxidation sites excluding steroid dienone is 4. The maximum absolute atomic E-state index is 17.6. The molecular formula is C33H42F2N2O4. The van der Waals surface area contributed by atoms with Crippen LogP contribution in [0.15, 0.2) is 54.1 Å². The summed E-state index contributed by atoms with van der Waals surface area (Å²) in [5.41, 5.74) is 1.77. The molecule has 4 fully saturated rings. The van der Waals surface area contributed by atoms with Crippen LogP contribution in [0.3, 0.4) is 0 Å². The number of alkyl halides is 2. The Hall–Kier alpha value is -2.42. The van der Waals surface area contributed by atoms with Crippen molar-refractivity contribution in [2.45, 2.75) is 63.9 Å². The lowest BCUT2D eigenvalue weighted by Crippen LogP contribution is -2.69. The van der Waals surface area contributed by atoms with Crippen molar-refractivity contribution in [2.24, 2.45) is 39.7 Å². The molecule has 1 aliphatic heterocycles. The van der Waals surface area contributed by atoms with Crippen LogP contribution in [0, 0.1) is 34.0 Å². The van der Waals surface area contributed by atoms with E-state index in [2.05, 4.69) is 17.0 Å². The SMILES string of the molecule is C[C@]12C=CC(=O)C=C1[C@@H](F)C[C@H]1[C@@H]3C[C@H]4CN(CCCc5ccccc5)C[C@@]4(C(=O)OCCN)[C@@]3(C)C[C@H](O)[C@@]12F. The molecule has 41 heavy (non-hydrogen) atoms. The van der Waals surface area contributed by atoms with Crippen molar-refractivity contribution >= 4 is 11.8 Å². The first kappa shape index (κ1) is 28.7. The van der Waals surface area contributed by atoms with Gasteiger partial charge in [0.2, 0.25) is 0 Å². The molecule has 6 rings (SSSR count). The lowest BCUT2D eigenvalue weighted by molar-refractivity contribution is -0.217. The van der Waals surface area contributed by atoms with E-state index in [1.165, 1.54) is 23.8 Å².